The van der Waals surface area contributed by atoms with Gasteiger partial charge in [0.1, 0.15) is 13.2 Å². The van der Waals surface area contributed by atoms with E-state index < -0.39 is 24.5 Å². The van der Waals surface area contributed by atoms with Crippen molar-refractivity contribution in [2.24, 2.45) is 0 Å². The molecule has 2 aliphatic heterocycles. The number of carbonyl (C=O) groups excluding carboxylic acids is 4. The van der Waals surface area contributed by atoms with Crippen LogP contribution in [0.1, 0.15) is 17.3 Å². The molecule has 166 valence electrons. The molecule has 0 aliphatic carbocycles. The van der Waals surface area contributed by atoms with Crippen molar-refractivity contribution in [2.75, 3.05) is 30.5 Å². The topological polar surface area (TPSA) is 132 Å². The van der Waals surface area contributed by atoms with Crippen molar-refractivity contribution in [1.29, 1.82) is 0 Å². The third-order valence-corrected chi connectivity index (χ3v) is 5.71. The lowest BCUT2D eigenvalue weighted by Crippen LogP contribution is -2.37. The number of nitrogens with one attached hydrogen (secondary N) is 3. The largest absolute Gasteiger partial charge is 0.486 e. The Hall–Kier alpha value is -3.73. The summed E-state index contributed by atoms with van der Waals surface area (Å²) in [5.74, 6) is -0.656. The monoisotopic (exact) mass is 457 g/mol. The van der Waals surface area contributed by atoms with Crippen molar-refractivity contribution < 1.29 is 33.4 Å². The van der Waals surface area contributed by atoms with Crippen molar-refractivity contribution >= 4 is 47.0 Å². The van der Waals surface area contributed by atoms with Crippen molar-refractivity contribution in [3.8, 4) is 11.5 Å². The Morgan fingerprint density at radius 2 is 1.91 bits per heavy atom. The fourth-order valence-corrected chi connectivity index (χ4v) is 3.93. The lowest BCUT2D eigenvalue weighted by molar-refractivity contribution is -0.123. The van der Waals surface area contributed by atoms with Crippen LogP contribution in [0.4, 0.5) is 16.2 Å². The van der Waals surface area contributed by atoms with E-state index in [1.165, 1.54) is 17.8 Å². The van der Waals surface area contributed by atoms with Crippen LogP contribution in [0.3, 0.4) is 0 Å². The molecule has 2 aliphatic rings. The third kappa shape index (κ3) is 4.94. The van der Waals surface area contributed by atoms with E-state index in [9.17, 15) is 19.2 Å². The zero-order chi connectivity index (χ0) is 22.7. The molecule has 0 radical (unpaired) electrons. The number of hydrogen-bond acceptors (Lipinski definition) is 8. The van der Waals surface area contributed by atoms with Gasteiger partial charge in [0, 0.05) is 16.6 Å². The summed E-state index contributed by atoms with van der Waals surface area (Å²) < 4.78 is 15.8. The van der Waals surface area contributed by atoms with Gasteiger partial charge in [0.25, 0.3) is 5.91 Å². The minimum absolute atomic E-state index is 0.156. The molecule has 0 bridgehead atoms. The molecule has 2 aromatic carbocycles. The summed E-state index contributed by atoms with van der Waals surface area (Å²) in [6.45, 7) is 1.99. The van der Waals surface area contributed by atoms with Gasteiger partial charge in [-0.15, -0.1) is 11.8 Å². The number of benzene rings is 2. The summed E-state index contributed by atoms with van der Waals surface area (Å²) in [6.07, 6.45) is 0. The number of thioether (sulfide) groups is 1. The SMILES string of the molecule is CC1Sc2ccc(C(=O)OCC(=O)NC(=O)Nc3ccc4c(c3)OCCO4)cc2NC1=O. The molecule has 1 atom stereocenters. The van der Waals surface area contributed by atoms with Crippen LogP contribution in [0.2, 0.25) is 0 Å². The summed E-state index contributed by atoms with van der Waals surface area (Å²) in [5.41, 5.74) is 1.09. The van der Waals surface area contributed by atoms with Gasteiger partial charge in [-0.2, -0.15) is 0 Å². The molecule has 10 nitrogen and oxygen atoms in total. The first-order valence-corrected chi connectivity index (χ1v) is 10.6. The second kappa shape index (κ2) is 9.18. The molecule has 0 aromatic heterocycles. The normalized spacial score (nSPS) is 16.3. The van der Waals surface area contributed by atoms with E-state index in [0.717, 1.165) is 4.90 Å². The Labute approximate surface area is 187 Å². The molecule has 1 unspecified atom stereocenters. The van der Waals surface area contributed by atoms with Crippen molar-refractivity contribution in [3.05, 3.63) is 42.0 Å². The second-order valence-corrected chi connectivity index (χ2v) is 8.28. The Kier molecular flexibility index (Phi) is 6.17. The van der Waals surface area contributed by atoms with Gasteiger partial charge < -0.3 is 24.8 Å². The first-order chi connectivity index (χ1) is 15.4. The summed E-state index contributed by atoms with van der Waals surface area (Å²) in [6, 6.07) is 8.77. The van der Waals surface area contributed by atoms with Crippen LogP contribution in [0.5, 0.6) is 11.5 Å². The molecule has 0 saturated heterocycles. The number of fused-ring (bicyclic) bond motifs is 2. The summed E-state index contributed by atoms with van der Waals surface area (Å²) in [7, 11) is 0. The number of carbonyl (C=O) groups is 4. The van der Waals surface area contributed by atoms with Crippen LogP contribution in [0, 0.1) is 0 Å². The van der Waals surface area contributed by atoms with Gasteiger partial charge in [-0.3, -0.25) is 14.9 Å². The van der Waals surface area contributed by atoms with E-state index in [2.05, 4.69) is 16.0 Å². The highest BCUT2D eigenvalue weighted by molar-refractivity contribution is 8.00. The van der Waals surface area contributed by atoms with E-state index >= 15 is 0 Å². The predicted molar refractivity (Wildman–Crippen MR) is 115 cm³/mol. The number of hydrogen-bond donors (Lipinski definition) is 3. The Balaban J connectivity index is 1.27. The molecule has 4 rings (SSSR count). The van der Waals surface area contributed by atoms with E-state index in [0.29, 0.717) is 36.1 Å². The van der Waals surface area contributed by atoms with Gasteiger partial charge in [-0.25, -0.2) is 9.59 Å². The van der Waals surface area contributed by atoms with Crippen LogP contribution in [-0.4, -0.2) is 48.9 Å². The van der Waals surface area contributed by atoms with Crippen molar-refractivity contribution in [1.82, 2.24) is 5.32 Å². The number of ether oxygens (including phenoxy) is 3. The van der Waals surface area contributed by atoms with E-state index in [4.69, 9.17) is 14.2 Å². The third-order valence-electron chi connectivity index (χ3n) is 4.53. The first kappa shape index (κ1) is 21.5. The van der Waals surface area contributed by atoms with Gasteiger partial charge in [-0.1, -0.05) is 0 Å². The number of anilines is 2. The van der Waals surface area contributed by atoms with Crippen LogP contribution in [0.25, 0.3) is 0 Å². The number of amides is 4. The van der Waals surface area contributed by atoms with Gasteiger partial charge in [0.2, 0.25) is 5.91 Å². The van der Waals surface area contributed by atoms with Gasteiger partial charge >= 0.3 is 12.0 Å². The molecule has 32 heavy (non-hydrogen) atoms. The highest BCUT2D eigenvalue weighted by atomic mass is 32.2. The first-order valence-electron chi connectivity index (χ1n) is 9.68. The maximum absolute atomic E-state index is 12.2. The quantitative estimate of drug-likeness (QED) is 0.597. The standard InChI is InChI=1S/C21H19N3O7S/c1-11-19(26)23-14-8-12(2-5-17(14)32-11)20(27)31-10-18(25)24-21(28)22-13-3-4-15-16(9-13)30-7-6-29-15/h2-5,8-9,11H,6-7,10H2,1H3,(H,23,26)(H2,22,24,25,28). The number of esters is 1. The van der Waals surface area contributed by atoms with Crippen LogP contribution < -0.4 is 25.4 Å². The Morgan fingerprint density at radius 1 is 1.12 bits per heavy atom. The molecule has 2 aromatic rings. The molecule has 0 saturated carbocycles. The molecule has 3 N–H and O–H groups in total. The van der Waals surface area contributed by atoms with Crippen LogP contribution in [0.15, 0.2) is 41.3 Å². The molecule has 0 fully saturated rings. The molecular formula is C21H19N3O7S. The average Bonchev–Trinajstić information content (AvgIpc) is 2.77. The fraction of sp³-hybridized carbons (Fsp3) is 0.238. The number of rotatable bonds is 4. The lowest BCUT2D eigenvalue weighted by atomic mass is 10.2. The summed E-state index contributed by atoms with van der Waals surface area (Å²) in [5, 5.41) is 7.07. The molecule has 11 heteroatoms. The minimum Gasteiger partial charge on any atom is -0.486 e. The lowest BCUT2D eigenvalue weighted by Gasteiger charge is -2.21. The van der Waals surface area contributed by atoms with Gasteiger partial charge in [0.15, 0.2) is 18.1 Å². The Morgan fingerprint density at radius 3 is 2.72 bits per heavy atom. The maximum Gasteiger partial charge on any atom is 0.338 e. The molecule has 0 spiro atoms. The van der Waals surface area contributed by atoms with Crippen LogP contribution >= 0.6 is 11.8 Å². The molecule has 4 amide bonds. The fourth-order valence-electron chi connectivity index (χ4n) is 3.00. The van der Waals surface area contributed by atoms with E-state index in [1.54, 1.807) is 37.3 Å². The zero-order valence-electron chi connectivity index (χ0n) is 16.9. The molecule has 2 heterocycles. The summed E-state index contributed by atoms with van der Waals surface area (Å²) in [4.78, 5) is 48.9. The van der Waals surface area contributed by atoms with E-state index in [-0.39, 0.29) is 16.7 Å². The summed E-state index contributed by atoms with van der Waals surface area (Å²) >= 11 is 1.39. The number of imide groups is 1. The van der Waals surface area contributed by atoms with E-state index in [1.807, 2.05) is 0 Å². The second-order valence-electron chi connectivity index (χ2n) is 6.90. The van der Waals surface area contributed by atoms with Crippen LogP contribution in [-0.2, 0) is 14.3 Å². The van der Waals surface area contributed by atoms with Crippen molar-refractivity contribution in [3.63, 3.8) is 0 Å². The maximum atomic E-state index is 12.2. The highest BCUT2D eigenvalue weighted by Crippen LogP contribution is 2.36. The van der Waals surface area contributed by atoms with Crippen molar-refractivity contribution in [2.45, 2.75) is 17.1 Å². The smallest absolute Gasteiger partial charge is 0.338 e. The minimum atomic E-state index is -0.802. The number of urea groups is 1. The highest BCUT2D eigenvalue weighted by Gasteiger charge is 2.24. The predicted octanol–water partition coefficient (Wildman–Crippen LogP) is 2.40. The van der Waals surface area contributed by atoms with Gasteiger partial charge in [-0.05, 0) is 37.3 Å². The Bertz CT molecular complexity index is 1100. The van der Waals surface area contributed by atoms with Gasteiger partial charge in [0.05, 0.1) is 16.5 Å². The average molecular weight is 457 g/mol. The zero-order valence-corrected chi connectivity index (χ0v) is 17.7. The molecular weight excluding hydrogens is 438 g/mol.